The smallest absolute Gasteiger partial charge is 0.311 e. The molecule has 1 aliphatic rings. The van der Waals surface area contributed by atoms with Crippen molar-refractivity contribution < 1.29 is 14.7 Å². The lowest BCUT2D eigenvalue weighted by Crippen LogP contribution is -2.41. The molecule has 1 fully saturated rings. The van der Waals surface area contributed by atoms with E-state index < -0.39 is 17.3 Å². The lowest BCUT2D eigenvalue weighted by atomic mass is 9.86. The number of rotatable bonds is 4. The van der Waals surface area contributed by atoms with Gasteiger partial charge in [-0.15, -0.1) is 0 Å². The van der Waals surface area contributed by atoms with Crippen LogP contribution in [0.15, 0.2) is 18.2 Å². The minimum atomic E-state index is -0.843. The summed E-state index contributed by atoms with van der Waals surface area (Å²) >= 11 is 5.71. The molecule has 0 aliphatic heterocycles. The van der Waals surface area contributed by atoms with E-state index in [0.717, 1.165) is 12.8 Å². The van der Waals surface area contributed by atoms with E-state index in [1.165, 1.54) is 0 Å². The van der Waals surface area contributed by atoms with Crippen LogP contribution >= 0.6 is 11.6 Å². The van der Waals surface area contributed by atoms with E-state index in [2.05, 4.69) is 10.3 Å². The Bertz CT molecular complexity index is 498. The Balaban J connectivity index is 2.02. The summed E-state index contributed by atoms with van der Waals surface area (Å²) < 4.78 is 0. The first-order chi connectivity index (χ1) is 9.03. The molecular weight excluding hydrogens is 268 g/mol. The molecule has 0 radical (unpaired) electrons. The van der Waals surface area contributed by atoms with Gasteiger partial charge in [0, 0.05) is 6.54 Å². The van der Waals surface area contributed by atoms with Gasteiger partial charge in [0.05, 0.1) is 5.41 Å². The molecule has 0 saturated heterocycles. The van der Waals surface area contributed by atoms with Crippen molar-refractivity contribution in [2.45, 2.75) is 25.7 Å². The molecule has 0 spiro atoms. The number of aliphatic carboxylic acids is 1. The molecule has 2 N–H and O–H groups in total. The normalized spacial score (nSPS) is 17.1. The van der Waals surface area contributed by atoms with Gasteiger partial charge in [0.25, 0.3) is 5.91 Å². The second-order valence-electron chi connectivity index (χ2n) is 4.82. The van der Waals surface area contributed by atoms with Crippen LogP contribution in [-0.2, 0) is 4.79 Å². The Labute approximate surface area is 116 Å². The zero-order chi connectivity index (χ0) is 13.9. The monoisotopic (exact) mass is 282 g/mol. The molecule has 2 rings (SSSR count). The molecule has 6 heteroatoms. The Kier molecular flexibility index (Phi) is 4.04. The number of hydrogen-bond acceptors (Lipinski definition) is 3. The van der Waals surface area contributed by atoms with Gasteiger partial charge < -0.3 is 10.4 Å². The SMILES string of the molecule is O=C(NCC1(C(=O)O)CCCC1)c1cccc(Cl)n1. The van der Waals surface area contributed by atoms with Crippen LogP contribution in [0.5, 0.6) is 0 Å². The molecule has 1 amide bonds. The molecule has 102 valence electrons. The molecule has 0 atom stereocenters. The Morgan fingerprint density at radius 2 is 2.05 bits per heavy atom. The number of halogens is 1. The van der Waals surface area contributed by atoms with Crippen LogP contribution in [0.3, 0.4) is 0 Å². The highest BCUT2D eigenvalue weighted by molar-refractivity contribution is 6.29. The van der Waals surface area contributed by atoms with Crippen LogP contribution in [0.4, 0.5) is 0 Å². The van der Waals surface area contributed by atoms with Gasteiger partial charge in [-0.2, -0.15) is 0 Å². The quantitative estimate of drug-likeness (QED) is 0.829. The van der Waals surface area contributed by atoms with Crippen molar-refractivity contribution >= 4 is 23.5 Å². The average Bonchev–Trinajstić information content (AvgIpc) is 2.86. The summed E-state index contributed by atoms with van der Waals surface area (Å²) in [6.45, 7) is 0.134. The highest BCUT2D eigenvalue weighted by atomic mass is 35.5. The number of nitrogens with zero attached hydrogens (tertiary/aromatic N) is 1. The summed E-state index contributed by atoms with van der Waals surface area (Å²) in [7, 11) is 0. The van der Waals surface area contributed by atoms with Gasteiger partial charge >= 0.3 is 5.97 Å². The summed E-state index contributed by atoms with van der Waals surface area (Å²) in [6, 6.07) is 4.75. The average molecular weight is 283 g/mol. The number of hydrogen-bond donors (Lipinski definition) is 2. The predicted octanol–water partition coefficient (Wildman–Crippen LogP) is 2.11. The van der Waals surface area contributed by atoms with E-state index in [0.29, 0.717) is 12.8 Å². The van der Waals surface area contributed by atoms with Crippen LogP contribution in [0.1, 0.15) is 36.2 Å². The van der Waals surface area contributed by atoms with E-state index in [9.17, 15) is 14.7 Å². The highest BCUT2D eigenvalue weighted by Crippen LogP contribution is 2.37. The molecule has 1 aromatic heterocycles. The van der Waals surface area contributed by atoms with E-state index in [4.69, 9.17) is 11.6 Å². The van der Waals surface area contributed by atoms with E-state index >= 15 is 0 Å². The van der Waals surface area contributed by atoms with Crippen molar-refractivity contribution in [3.05, 3.63) is 29.0 Å². The van der Waals surface area contributed by atoms with Crippen LogP contribution in [0.25, 0.3) is 0 Å². The molecule has 1 heterocycles. The first kappa shape index (κ1) is 13.8. The van der Waals surface area contributed by atoms with Crippen molar-refractivity contribution in [3.63, 3.8) is 0 Å². The van der Waals surface area contributed by atoms with E-state index in [1.807, 2.05) is 0 Å². The molecule has 0 aromatic carbocycles. The van der Waals surface area contributed by atoms with Gasteiger partial charge in [0.2, 0.25) is 0 Å². The predicted molar refractivity (Wildman–Crippen MR) is 70.1 cm³/mol. The molecule has 1 aromatic rings. The molecular formula is C13H15ClN2O3. The third-order valence-electron chi connectivity index (χ3n) is 3.55. The molecule has 5 nitrogen and oxygen atoms in total. The lowest BCUT2D eigenvalue weighted by molar-refractivity contribution is -0.148. The second kappa shape index (κ2) is 5.57. The van der Waals surface area contributed by atoms with Gasteiger partial charge in [0.15, 0.2) is 0 Å². The van der Waals surface area contributed by atoms with Crippen LogP contribution < -0.4 is 5.32 Å². The van der Waals surface area contributed by atoms with Gasteiger partial charge in [0.1, 0.15) is 10.8 Å². The maximum absolute atomic E-state index is 11.9. The second-order valence-corrected chi connectivity index (χ2v) is 5.21. The van der Waals surface area contributed by atoms with Gasteiger partial charge in [-0.3, -0.25) is 9.59 Å². The summed E-state index contributed by atoms with van der Waals surface area (Å²) in [5.41, 5.74) is -0.625. The van der Waals surface area contributed by atoms with Crippen LogP contribution in [0, 0.1) is 5.41 Å². The number of aromatic nitrogens is 1. The van der Waals surface area contributed by atoms with Crippen molar-refractivity contribution in [1.29, 1.82) is 0 Å². The van der Waals surface area contributed by atoms with Crippen molar-refractivity contribution in [1.82, 2.24) is 10.3 Å². The number of carbonyl (C=O) groups is 2. The molecule has 19 heavy (non-hydrogen) atoms. The molecule has 1 aliphatic carbocycles. The summed E-state index contributed by atoms with van der Waals surface area (Å²) in [4.78, 5) is 27.1. The molecule has 0 bridgehead atoms. The summed E-state index contributed by atoms with van der Waals surface area (Å²) in [6.07, 6.45) is 2.98. The number of carbonyl (C=O) groups excluding carboxylic acids is 1. The first-order valence-electron chi connectivity index (χ1n) is 6.18. The lowest BCUT2D eigenvalue weighted by Gasteiger charge is -2.23. The first-order valence-corrected chi connectivity index (χ1v) is 6.55. The third-order valence-corrected chi connectivity index (χ3v) is 3.76. The van der Waals surface area contributed by atoms with Crippen molar-refractivity contribution in [2.24, 2.45) is 5.41 Å². The topological polar surface area (TPSA) is 79.3 Å². The van der Waals surface area contributed by atoms with Gasteiger partial charge in [-0.05, 0) is 25.0 Å². The van der Waals surface area contributed by atoms with E-state index in [-0.39, 0.29) is 17.4 Å². The number of carboxylic acids is 1. The highest BCUT2D eigenvalue weighted by Gasteiger charge is 2.41. The number of amides is 1. The van der Waals surface area contributed by atoms with Crippen LogP contribution in [0.2, 0.25) is 5.15 Å². The number of pyridine rings is 1. The summed E-state index contributed by atoms with van der Waals surface area (Å²) in [5, 5.41) is 12.2. The minimum absolute atomic E-state index is 0.134. The number of nitrogens with one attached hydrogen (secondary N) is 1. The maximum atomic E-state index is 11.9. The maximum Gasteiger partial charge on any atom is 0.311 e. The fourth-order valence-corrected chi connectivity index (χ4v) is 2.56. The third kappa shape index (κ3) is 3.04. The summed E-state index contributed by atoms with van der Waals surface area (Å²) in [5.74, 6) is -1.24. The minimum Gasteiger partial charge on any atom is -0.481 e. The van der Waals surface area contributed by atoms with Gasteiger partial charge in [-0.1, -0.05) is 30.5 Å². The Morgan fingerprint density at radius 3 is 2.63 bits per heavy atom. The van der Waals surface area contributed by atoms with Crippen molar-refractivity contribution in [2.75, 3.05) is 6.54 Å². The molecule has 1 saturated carbocycles. The van der Waals surface area contributed by atoms with Crippen molar-refractivity contribution in [3.8, 4) is 0 Å². The Morgan fingerprint density at radius 1 is 1.37 bits per heavy atom. The van der Waals surface area contributed by atoms with Gasteiger partial charge in [-0.25, -0.2) is 4.98 Å². The number of carboxylic acid groups (broad SMARTS) is 1. The largest absolute Gasteiger partial charge is 0.481 e. The zero-order valence-electron chi connectivity index (χ0n) is 10.4. The van der Waals surface area contributed by atoms with E-state index in [1.54, 1.807) is 18.2 Å². The molecule has 0 unspecified atom stereocenters. The fraction of sp³-hybridized carbons (Fsp3) is 0.462. The zero-order valence-corrected chi connectivity index (χ0v) is 11.1. The Hall–Kier alpha value is -1.62. The fourth-order valence-electron chi connectivity index (χ4n) is 2.39. The standard InChI is InChI=1S/C13H15ClN2O3/c14-10-5-3-4-9(16-10)11(17)15-8-13(12(18)19)6-1-2-7-13/h3-5H,1-2,6-8H2,(H,15,17)(H,18,19). The van der Waals surface area contributed by atoms with Crippen LogP contribution in [-0.4, -0.2) is 28.5 Å².